The predicted molar refractivity (Wildman–Crippen MR) is 53.1 cm³/mol. The Hall–Kier alpha value is -0.300. The van der Waals surface area contributed by atoms with E-state index in [2.05, 4.69) is 4.74 Å². The van der Waals surface area contributed by atoms with Crippen molar-refractivity contribution in [2.24, 2.45) is 0 Å². The van der Waals surface area contributed by atoms with Crippen LogP contribution in [0.5, 0.6) is 0 Å². The van der Waals surface area contributed by atoms with Crippen molar-refractivity contribution in [3.05, 3.63) is 0 Å². The van der Waals surface area contributed by atoms with Crippen molar-refractivity contribution in [2.75, 3.05) is 24.7 Å². The molecular weight excluding hydrogens is 208 g/mol. The van der Waals surface area contributed by atoms with E-state index in [-0.39, 0.29) is 13.2 Å². The van der Waals surface area contributed by atoms with Gasteiger partial charge in [0.1, 0.15) is 6.61 Å². The van der Waals surface area contributed by atoms with Gasteiger partial charge in [0.05, 0.1) is 18.8 Å². The Morgan fingerprint density at radius 3 is 2.43 bits per heavy atom. The van der Waals surface area contributed by atoms with Gasteiger partial charge in [0.15, 0.2) is 0 Å². The molecule has 2 unspecified atom stereocenters. The van der Waals surface area contributed by atoms with E-state index in [9.17, 15) is 9.90 Å². The van der Waals surface area contributed by atoms with Gasteiger partial charge in [-0.15, -0.1) is 0 Å². The third-order valence-corrected chi connectivity index (χ3v) is 2.55. The molecule has 0 aromatic heterocycles. The number of carbonyl (C=O) groups excluding carboxylic acids is 1. The minimum absolute atomic E-state index is 0.0302. The van der Waals surface area contributed by atoms with Crippen LogP contribution >= 0.6 is 11.8 Å². The fraction of sp³-hybridized carbons (Fsp3) is 0.875. The minimum atomic E-state index is -0.763. The molecule has 2 atom stereocenters. The van der Waals surface area contributed by atoms with Gasteiger partial charge in [-0.1, -0.05) is 0 Å². The van der Waals surface area contributed by atoms with Gasteiger partial charge in [0.2, 0.25) is 0 Å². The highest BCUT2D eigenvalue weighted by Crippen LogP contribution is 2.05. The van der Waals surface area contributed by atoms with Crippen LogP contribution < -0.4 is 0 Å². The maximum Gasteiger partial charge on any atom is 0.302 e. The summed E-state index contributed by atoms with van der Waals surface area (Å²) in [6.07, 6.45) is -1.49. The molecule has 6 heteroatoms. The standard InChI is InChI=1S/C8H16O5S/c1-6(10)13-3-8(12)5-14-4-7(11)2-9/h7-9,11-12H,2-5H2,1H3. The number of esters is 1. The van der Waals surface area contributed by atoms with Crippen LogP contribution in [0.25, 0.3) is 0 Å². The van der Waals surface area contributed by atoms with E-state index in [0.717, 1.165) is 0 Å². The highest BCUT2D eigenvalue weighted by molar-refractivity contribution is 7.99. The normalized spacial score (nSPS) is 14.9. The first-order valence-corrected chi connectivity index (χ1v) is 5.39. The van der Waals surface area contributed by atoms with Crippen molar-refractivity contribution in [1.82, 2.24) is 0 Å². The van der Waals surface area contributed by atoms with Crippen molar-refractivity contribution in [3.63, 3.8) is 0 Å². The van der Waals surface area contributed by atoms with Crippen LogP contribution in [-0.4, -0.2) is 58.2 Å². The molecular formula is C8H16O5S. The molecule has 0 aromatic rings. The SMILES string of the molecule is CC(=O)OCC(O)CSCC(O)CO. The number of aliphatic hydroxyl groups is 3. The molecule has 0 aromatic carbocycles. The van der Waals surface area contributed by atoms with Gasteiger partial charge in [-0.25, -0.2) is 0 Å². The molecule has 14 heavy (non-hydrogen) atoms. The van der Waals surface area contributed by atoms with Gasteiger partial charge in [0, 0.05) is 18.4 Å². The van der Waals surface area contributed by atoms with Gasteiger partial charge in [-0.3, -0.25) is 4.79 Å². The number of ether oxygens (including phenoxy) is 1. The number of hydrogen-bond donors (Lipinski definition) is 3. The van der Waals surface area contributed by atoms with Crippen LogP contribution in [0.2, 0.25) is 0 Å². The van der Waals surface area contributed by atoms with E-state index >= 15 is 0 Å². The molecule has 0 aliphatic carbocycles. The predicted octanol–water partition coefficient (Wildman–Crippen LogP) is -1.00. The zero-order valence-corrected chi connectivity index (χ0v) is 8.87. The molecule has 0 rings (SSSR count). The number of thioether (sulfide) groups is 1. The van der Waals surface area contributed by atoms with Crippen molar-refractivity contribution < 1.29 is 24.9 Å². The first-order valence-electron chi connectivity index (χ1n) is 4.24. The Balaban J connectivity index is 3.35. The third kappa shape index (κ3) is 8.31. The quantitative estimate of drug-likeness (QED) is 0.481. The Morgan fingerprint density at radius 1 is 1.36 bits per heavy atom. The van der Waals surface area contributed by atoms with Crippen molar-refractivity contribution in [3.8, 4) is 0 Å². The van der Waals surface area contributed by atoms with Crippen LogP contribution in [0.1, 0.15) is 6.92 Å². The van der Waals surface area contributed by atoms with E-state index in [1.165, 1.54) is 18.7 Å². The average molecular weight is 224 g/mol. The lowest BCUT2D eigenvalue weighted by atomic mass is 10.4. The minimum Gasteiger partial charge on any atom is -0.463 e. The van der Waals surface area contributed by atoms with E-state index < -0.39 is 18.2 Å². The average Bonchev–Trinajstić information content (AvgIpc) is 2.14. The lowest BCUT2D eigenvalue weighted by Gasteiger charge is -2.11. The number of aliphatic hydroxyl groups excluding tert-OH is 3. The lowest BCUT2D eigenvalue weighted by molar-refractivity contribution is -0.143. The van der Waals surface area contributed by atoms with Gasteiger partial charge in [-0.05, 0) is 0 Å². The third-order valence-electron chi connectivity index (χ3n) is 1.31. The molecule has 0 radical (unpaired) electrons. The largest absolute Gasteiger partial charge is 0.463 e. The van der Waals surface area contributed by atoms with Gasteiger partial charge < -0.3 is 20.1 Å². The summed E-state index contributed by atoms with van der Waals surface area (Å²) in [5.74, 6) is 0.294. The second-order valence-electron chi connectivity index (χ2n) is 2.83. The molecule has 0 fully saturated rings. The Morgan fingerprint density at radius 2 is 1.93 bits per heavy atom. The van der Waals surface area contributed by atoms with Crippen LogP contribution in [0.15, 0.2) is 0 Å². The molecule has 0 saturated heterocycles. The smallest absolute Gasteiger partial charge is 0.302 e. The summed E-state index contributed by atoms with van der Waals surface area (Å²) < 4.78 is 4.57. The topological polar surface area (TPSA) is 87.0 Å². The molecule has 5 nitrogen and oxygen atoms in total. The fourth-order valence-corrected chi connectivity index (χ4v) is 1.54. The second-order valence-corrected chi connectivity index (χ2v) is 3.91. The molecule has 0 spiro atoms. The van der Waals surface area contributed by atoms with Crippen molar-refractivity contribution in [2.45, 2.75) is 19.1 Å². The molecule has 0 saturated carbocycles. The first kappa shape index (κ1) is 13.7. The molecule has 3 N–H and O–H groups in total. The van der Waals surface area contributed by atoms with Gasteiger partial charge >= 0.3 is 5.97 Å². The molecule has 0 aliphatic heterocycles. The van der Waals surface area contributed by atoms with Crippen LogP contribution in [0.4, 0.5) is 0 Å². The van der Waals surface area contributed by atoms with Gasteiger partial charge in [0.25, 0.3) is 0 Å². The lowest BCUT2D eigenvalue weighted by Crippen LogP contribution is -2.22. The van der Waals surface area contributed by atoms with Crippen LogP contribution in [0, 0.1) is 0 Å². The Labute approximate surface area is 87.1 Å². The van der Waals surface area contributed by atoms with E-state index in [1.807, 2.05) is 0 Å². The van der Waals surface area contributed by atoms with Crippen LogP contribution in [0.3, 0.4) is 0 Å². The summed E-state index contributed by atoms with van der Waals surface area (Å²) in [6, 6.07) is 0. The summed E-state index contributed by atoms with van der Waals surface area (Å²) in [6.45, 7) is 0.958. The van der Waals surface area contributed by atoms with E-state index in [1.54, 1.807) is 0 Å². The molecule has 0 amide bonds. The van der Waals surface area contributed by atoms with E-state index in [0.29, 0.717) is 11.5 Å². The van der Waals surface area contributed by atoms with Crippen LogP contribution in [-0.2, 0) is 9.53 Å². The first-order chi connectivity index (χ1) is 6.56. The highest BCUT2D eigenvalue weighted by Gasteiger charge is 2.08. The summed E-state index contributed by atoms with van der Waals surface area (Å²) in [5.41, 5.74) is 0. The van der Waals surface area contributed by atoms with Gasteiger partial charge in [-0.2, -0.15) is 11.8 Å². The number of carbonyl (C=O) groups is 1. The van der Waals surface area contributed by atoms with E-state index in [4.69, 9.17) is 10.2 Å². The summed E-state index contributed by atoms with van der Waals surface area (Å²) in [4.78, 5) is 10.4. The monoisotopic (exact) mass is 224 g/mol. The zero-order chi connectivity index (χ0) is 11.0. The number of hydrogen-bond acceptors (Lipinski definition) is 6. The maximum atomic E-state index is 10.4. The summed E-state index contributed by atoms with van der Waals surface area (Å²) in [7, 11) is 0. The fourth-order valence-electron chi connectivity index (χ4n) is 0.654. The number of rotatable bonds is 7. The molecule has 84 valence electrons. The molecule has 0 aliphatic rings. The highest BCUT2D eigenvalue weighted by atomic mass is 32.2. The second kappa shape index (κ2) is 8.05. The zero-order valence-electron chi connectivity index (χ0n) is 8.05. The summed E-state index contributed by atoms with van der Waals surface area (Å²) >= 11 is 1.29. The molecule has 0 bridgehead atoms. The molecule has 0 heterocycles. The maximum absolute atomic E-state index is 10.4. The Bertz CT molecular complexity index is 164. The van der Waals surface area contributed by atoms with Crippen molar-refractivity contribution >= 4 is 17.7 Å². The summed E-state index contributed by atoms with van der Waals surface area (Å²) in [5, 5.41) is 26.7. The van der Waals surface area contributed by atoms with Crippen molar-refractivity contribution in [1.29, 1.82) is 0 Å². The Kier molecular flexibility index (Phi) is 7.87.